The Hall–Kier alpha value is -1.62. The summed E-state index contributed by atoms with van der Waals surface area (Å²) in [6.45, 7) is 10.4. The van der Waals surface area contributed by atoms with Gasteiger partial charge in [0.05, 0.1) is 24.0 Å². The van der Waals surface area contributed by atoms with Crippen LogP contribution in [0.1, 0.15) is 73.1 Å². The van der Waals surface area contributed by atoms with Gasteiger partial charge in [-0.2, -0.15) is 0 Å². The van der Waals surface area contributed by atoms with Gasteiger partial charge in [-0.25, -0.2) is 0 Å². The molecule has 2 aliphatic carbocycles. The first-order chi connectivity index (χ1) is 14.1. The van der Waals surface area contributed by atoms with E-state index in [0.29, 0.717) is 17.8 Å². The van der Waals surface area contributed by atoms with Crippen molar-refractivity contribution in [1.82, 2.24) is 0 Å². The number of rotatable bonds is 8. The first kappa shape index (κ1) is 23.1. The maximum atomic E-state index is 12.9. The van der Waals surface area contributed by atoms with Crippen molar-refractivity contribution >= 4 is 11.9 Å². The number of hydrogen-bond acceptors (Lipinski definition) is 4. The zero-order chi connectivity index (χ0) is 22.1. The largest absolute Gasteiger partial charge is 0.481 e. The standard InChI is InChI=1S/C25H38O5/c1-6-25(4,5)24(28)30-21-12-15(2)11-17-8-7-16(3)20(23(17)21)10-9-18-13-19(29-18)14-22(26)27/h7-8,11,15-16,18-21,23H,6,9-10,12-14H2,1-5H3,(H,26,27)/t15-,16-,18+,19+,20-,21-,23-/m0/s1. The van der Waals surface area contributed by atoms with Gasteiger partial charge in [0, 0.05) is 12.3 Å². The molecular weight excluding hydrogens is 380 g/mol. The van der Waals surface area contributed by atoms with Crippen molar-refractivity contribution in [2.75, 3.05) is 0 Å². The van der Waals surface area contributed by atoms with Crippen LogP contribution in [0.3, 0.4) is 0 Å². The Morgan fingerprint density at radius 1 is 1.20 bits per heavy atom. The Balaban J connectivity index is 1.68. The fraction of sp³-hybridized carbons (Fsp3) is 0.760. The average molecular weight is 419 g/mol. The summed E-state index contributed by atoms with van der Waals surface area (Å²) in [6, 6.07) is 0. The molecule has 5 nitrogen and oxygen atoms in total. The van der Waals surface area contributed by atoms with Crippen LogP contribution >= 0.6 is 0 Å². The molecule has 0 aromatic carbocycles. The lowest BCUT2D eigenvalue weighted by Crippen LogP contribution is -2.44. The summed E-state index contributed by atoms with van der Waals surface area (Å²) in [6.07, 6.45) is 11.3. The number of esters is 1. The second kappa shape index (κ2) is 9.25. The zero-order valence-corrected chi connectivity index (χ0v) is 19.1. The summed E-state index contributed by atoms with van der Waals surface area (Å²) in [5, 5.41) is 8.90. The topological polar surface area (TPSA) is 72.8 Å². The second-order valence-corrected chi connectivity index (χ2v) is 10.3. The molecule has 3 rings (SSSR count). The lowest BCUT2D eigenvalue weighted by molar-refractivity contribution is -0.166. The van der Waals surface area contributed by atoms with E-state index in [-0.39, 0.29) is 36.6 Å². The lowest BCUT2D eigenvalue weighted by Gasteiger charge is -2.44. The molecule has 0 aromatic rings. The SMILES string of the molecule is CCC(C)(C)C(=O)O[C@H]1C[C@@H](C)C=C2C=C[C@H](C)[C@H](CC[C@@H]3C[C@H](CC(=O)O)O3)[C@H]21. The summed E-state index contributed by atoms with van der Waals surface area (Å²) in [5.74, 6) is 0.546. The van der Waals surface area contributed by atoms with Crippen LogP contribution in [0, 0.1) is 29.1 Å². The van der Waals surface area contributed by atoms with Gasteiger partial charge >= 0.3 is 11.9 Å². The highest BCUT2D eigenvalue weighted by Gasteiger charge is 2.43. The van der Waals surface area contributed by atoms with Crippen molar-refractivity contribution in [1.29, 1.82) is 0 Å². The minimum Gasteiger partial charge on any atom is -0.481 e. The monoisotopic (exact) mass is 418 g/mol. The molecule has 168 valence electrons. The third-order valence-corrected chi connectivity index (χ3v) is 7.43. The van der Waals surface area contributed by atoms with Crippen molar-refractivity contribution < 1.29 is 24.2 Å². The van der Waals surface area contributed by atoms with E-state index >= 15 is 0 Å². The lowest BCUT2D eigenvalue weighted by atomic mass is 9.65. The second-order valence-electron chi connectivity index (χ2n) is 10.3. The smallest absolute Gasteiger partial charge is 0.311 e. The molecule has 0 saturated carbocycles. The summed E-state index contributed by atoms with van der Waals surface area (Å²) < 4.78 is 11.9. The number of allylic oxidation sites excluding steroid dienone is 3. The molecule has 5 heteroatoms. The van der Waals surface area contributed by atoms with Gasteiger partial charge < -0.3 is 14.6 Å². The Labute approximate surface area is 180 Å². The third kappa shape index (κ3) is 5.16. The molecule has 1 heterocycles. The molecule has 1 aliphatic heterocycles. The molecule has 1 N–H and O–H groups in total. The molecule has 0 amide bonds. The number of fused-ring (bicyclic) bond motifs is 1. The van der Waals surface area contributed by atoms with Gasteiger partial charge in [-0.3, -0.25) is 9.59 Å². The predicted octanol–water partition coefficient (Wildman–Crippen LogP) is 5.15. The molecule has 30 heavy (non-hydrogen) atoms. The Morgan fingerprint density at radius 2 is 1.90 bits per heavy atom. The van der Waals surface area contributed by atoms with Gasteiger partial charge in [0.25, 0.3) is 0 Å². The van der Waals surface area contributed by atoms with Crippen molar-refractivity contribution in [2.45, 2.75) is 91.5 Å². The molecule has 0 aromatic heterocycles. The molecular formula is C25H38O5. The fourth-order valence-electron chi connectivity index (χ4n) is 5.11. The van der Waals surface area contributed by atoms with E-state index in [1.54, 1.807) is 0 Å². The Kier molecular flexibility index (Phi) is 7.11. The minimum absolute atomic E-state index is 0.0854. The van der Waals surface area contributed by atoms with Crippen molar-refractivity contribution in [3.05, 3.63) is 23.8 Å². The first-order valence-electron chi connectivity index (χ1n) is 11.6. The van der Waals surface area contributed by atoms with Crippen molar-refractivity contribution in [3.63, 3.8) is 0 Å². The molecule has 3 aliphatic rings. The van der Waals surface area contributed by atoms with Crippen LogP contribution in [0.5, 0.6) is 0 Å². The molecule has 1 saturated heterocycles. The Bertz CT molecular complexity index is 700. The number of hydrogen-bond donors (Lipinski definition) is 1. The number of aliphatic carboxylic acids is 1. The van der Waals surface area contributed by atoms with Crippen LogP contribution in [-0.2, 0) is 19.1 Å². The maximum Gasteiger partial charge on any atom is 0.311 e. The average Bonchev–Trinajstić information content (AvgIpc) is 2.64. The van der Waals surface area contributed by atoms with Crippen molar-refractivity contribution in [2.24, 2.45) is 29.1 Å². The number of carboxylic acid groups (broad SMARTS) is 1. The van der Waals surface area contributed by atoms with Crippen LogP contribution in [0.25, 0.3) is 0 Å². The quantitative estimate of drug-likeness (QED) is 0.552. The number of carboxylic acids is 1. The highest BCUT2D eigenvalue weighted by molar-refractivity contribution is 5.76. The Morgan fingerprint density at radius 3 is 2.53 bits per heavy atom. The van der Waals surface area contributed by atoms with E-state index in [9.17, 15) is 9.59 Å². The number of carbonyl (C=O) groups excluding carboxylic acids is 1. The highest BCUT2D eigenvalue weighted by atomic mass is 16.5. The van der Waals surface area contributed by atoms with Gasteiger partial charge in [-0.15, -0.1) is 0 Å². The van der Waals surface area contributed by atoms with Crippen LogP contribution in [0.2, 0.25) is 0 Å². The van der Waals surface area contributed by atoms with Crippen LogP contribution in [0.4, 0.5) is 0 Å². The first-order valence-corrected chi connectivity index (χ1v) is 11.6. The minimum atomic E-state index is -0.796. The molecule has 0 unspecified atom stereocenters. The summed E-state index contributed by atoms with van der Waals surface area (Å²) in [5.41, 5.74) is 0.844. The molecule has 7 atom stereocenters. The highest BCUT2D eigenvalue weighted by Crippen LogP contribution is 2.46. The van der Waals surface area contributed by atoms with E-state index in [4.69, 9.17) is 14.6 Å². The van der Waals surface area contributed by atoms with E-state index in [1.165, 1.54) is 5.57 Å². The van der Waals surface area contributed by atoms with Crippen LogP contribution in [0.15, 0.2) is 23.8 Å². The molecule has 0 bridgehead atoms. The van der Waals surface area contributed by atoms with Crippen LogP contribution in [-0.4, -0.2) is 35.4 Å². The van der Waals surface area contributed by atoms with E-state index in [2.05, 4.69) is 32.1 Å². The predicted molar refractivity (Wildman–Crippen MR) is 116 cm³/mol. The van der Waals surface area contributed by atoms with Gasteiger partial charge in [-0.05, 0) is 62.9 Å². The summed E-state index contributed by atoms with van der Waals surface area (Å²) in [7, 11) is 0. The van der Waals surface area contributed by atoms with E-state index in [0.717, 1.165) is 32.1 Å². The molecule has 0 radical (unpaired) electrons. The van der Waals surface area contributed by atoms with Gasteiger partial charge in [0.1, 0.15) is 6.10 Å². The van der Waals surface area contributed by atoms with Crippen molar-refractivity contribution in [3.8, 4) is 0 Å². The maximum absolute atomic E-state index is 12.9. The number of ether oxygens (including phenoxy) is 2. The molecule has 1 fully saturated rings. The normalized spacial score (nSPS) is 35.8. The number of carbonyl (C=O) groups is 2. The van der Waals surface area contributed by atoms with E-state index in [1.807, 2.05) is 20.8 Å². The summed E-state index contributed by atoms with van der Waals surface area (Å²) >= 11 is 0. The van der Waals surface area contributed by atoms with Gasteiger partial charge in [0.15, 0.2) is 0 Å². The van der Waals surface area contributed by atoms with Gasteiger partial charge in [0.2, 0.25) is 0 Å². The fourth-order valence-corrected chi connectivity index (χ4v) is 5.11. The zero-order valence-electron chi connectivity index (χ0n) is 19.1. The summed E-state index contributed by atoms with van der Waals surface area (Å²) in [4.78, 5) is 23.7. The van der Waals surface area contributed by atoms with Gasteiger partial charge in [-0.1, -0.05) is 39.0 Å². The third-order valence-electron chi connectivity index (χ3n) is 7.43. The molecule has 0 spiro atoms. The van der Waals surface area contributed by atoms with Crippen LogP contribution < -0.4 is 0 Å². The van der Waals surface area contributed by atoms with E-state index < -0.39 is 11.4 Å².